The molecule has 0 aromatic heterocycles. The summed E-state index contributed by atoms with van der Waals surface area (Å²) < 4.78 is 10.4. The molecule has 4 nitrogen and oxygen atoms in total. The summed E-state index contributed by atoms with van der Waals surface area (Å²) in [6.45, 7) is 4.96. The SMILES string of the molecule is CC(=O)OC1=CC(OC(C)=O)[C@H]2C3[C@@H]1C32C. The molecule has 0 aliphatic heterocycles. The summed E-state index contributed by atoms with van der Waals surface area (Å²) in [5.74, 6) is 1.50. The van der Waals surface area contributed by atoms with Crippen LogP contribution in [-0.4, -0.2) is 18.0 Å². The van der Waals surface area contributed by atoms with Gasteiger partial charge >= 0.3 is 11.9 Å². The molecule has 0 N–H and O–H groups in total. The predicted molar refractivity (Wildman–Crippen MR) is 54.0 cm³/mol. The van der Waals surface area contributed by atoms with Gasteiger partial charge < -0.3 is 9.47 Å². The summed E-state index contributed by atoms with van der Waals surface area (Å²) in [6.07, 6.45) is 1.59. The molecule has 16 heavy (non-hydrogen) atoms. The molecule has 0 amide bonds. The predicted octanol–water partition coefficient (Wildman–Crippen LogP) is 1.26. The fourth-order valence-corrected chi connectivity index (χ4v) is 3.44. The number of esters is 2. The van der Waals surface area contributed by atoms with E-state index in [-0.39, 0.29) is 23.5 Å². The summed E-state index contributed by atoms with van der Waals surface area (Å²) in [7, 11) is 0. The van der Waals surface area contributed by atoms with Crippen LogP contribution < -0.4 is 0 Å². The first-order valence-electron chi connectivity index (χ1n) is 5.53. The maximum Gasteiger partial charge on any atom is 0.307 e. The molecule has 0 heterocycles. The summed E-state index contributed by atoms with van der Waals surface area (Å²) in [5, 5.41) is 0. The highest BCUT2D eigenvalue weighted by Gasteiger charge is 2.88. The third-order valence-corrected chi connectivity index (χ3v) is 4.19. The Kier molecular flexibility index (Phi) is 1.65. The Morgan fingerprint density at radius 2 is 1.88 bits per heavy atom. The fourth-order valence-electron chi connectivity index (χ4n) is 3.44. The standard InChI is InChI=1S/C12H14O4/c1-5(13)15-7-4-8(16-6(2)14)10-11-9(7)12(10,11)3/h4,7,9-11H,1-3H3/t7?,9-,10+,11?,12?/m0/s1. The first-order valence-corrected chi connectivity index (χ1v) is 5.53. The molecule has 2 saturated carbocycles. The van der Waals surface area contributed by atoms with E-state index in [1.54, 1.807) is 6.08 Å². The van der Waals surface area contributed by atoms with Crippen molar-refractivity contribution in [1.82, 2.24) is 0 Å². The highest BCUT2D eigenvalue weighted by molar-refractivity contribution is 5.69. The van der Waals surface area contributed by atoms with Crippen LogP contribution in [0.3, 0.4) is 0 Å². The molecule has 4 heteroatoms. The lowest BCUT2D eigenvalue weighted by Crippen LogP contribution is -2.32. The first kappa shape index (κ1) is 9.87. The molecular formula is C12H14O4. The van der Waals surface area contributed by atoms with Crippen LogP contribution in [0.15, 0.2) is 11.8 Å². The summed E-state index contributed by atoms with van der Waals surface area (Å²) in [4.78, 5) is 21.9. The minimum absolute atomic E-state index is 0.202. The third kappa shape index (κ3) is 1.05. The Morgan fingerprint density at radius 1 is 1.25 bits per heavy atom. The molecule has 0 radical (unpaired) electrons. The van der Waals surface area contributed by atoms with Gasteiger partial charge in [-0.2, -0.15) is 0 Å². The fraction of sp³-hybridized carbons (Fsp3) is 0.667. The second kappa shape index (κ2) is 2.67. The molecular weight excluding hydrogens is 208 g/mol. The van der Waals surface area contributed by atoms with Gasteiger partial charge in [0.2, 0.25) is 0 Å². The van der Waals surface area contributed by atoms with E-state index in [1.165, 1.54) is 13.8 Å². The smallest absolute Gasteiger partial charge is 0.307 e. The van der Waals surface area contributed by atoms with Crippen molar-refractivity contribution in [3.05, 3.63) is 11.8 Å². The summed E-state index contributed by atoms with van der Waals surface area (Å²) in [6, 6.07) is 0. The van der Waals surface area contributed by atoms with Crippen molar-refractivity contribution in [2.75, 3.05) is 0 Å². The summed E-state index contributed by atoms with van der Waals surface area (Å²) in [5.41, 5.74) is 0.222. The minimum atomic E-state index is -0.304. The van der Waals surface area contributed by atoms with Crippen molar-refractivity contribution in [1.29, 1.82) is 0 Å². The zero-order chi connectivity index (χ0) is 11.7. The number of allylic oxidation sites excluding steroid dienone is 1. The molecule has 2 bridgehead atoms. The van der Waals surface area contributed by atoms with Gasteiger partial charge in [-0.25, -0.2) is 0 Å². The van der Waals surface area contributed by atoms with E-state index in [2.05, 4.69) is 6.92 Å². The van der Waals surface area contributed by atoms with E-state index in [1.807, 2.05) is 0 Å². The molecule has 2 fully saturated rings. The topological polar surface area (TPSA) is 52.6 Å². The van der Waals surface area contributed by atoms with E-state index in [0.717, 1.165) is 0 Å². The van der Waals surface area contributed by atoms with E-state index in [4.69, 9.17) is 9.47 Å². The van der Waals surface area contributed by atoms with Gasteiger partial charge in [0.05, 0.1) is 0 Å². The van der Waals surface area contributed by atoms with Crippen LogP contribution in [0.2, 0.25) is 0 Å². The van der Waals surface area contributed by atoms with E-state index in [9.17, 15) is 9.59 Å². The average Bonchev–Trinajstić information content (AvgIpc) is 2.89. The highest BCUT2D eigenvalue weighted by Crippen LogP contribution is 2.88. The lowest BCUT2D eigenvalue weighted by molar-refractivity contribution is -0.147. The van der Waals surface area contributed by atoms with Crippen LogP contribution in [0.25, 0.3) is 0 Å². The Balaban J connectivity index is 1.81. The van der Waals surface area contributed by atoms with E-state index >= 15 is 0 Å². The van der Waals surface area contributed by atoms with Gasteiger partial charge in [-0.3, -0.25) is 9.59 Å². The van der Waals surface area contributed by atoms with Gasteiger partial charge in [-0.1, -0.05) is 6.92 Å². The lowest BCUT2D eigenvalue weighted by Gasteiger charge is -2.29. The van der Waals surface area contributed by atoms with E-state index < -0.39 is 0 Å². The molecule has 4 aliphatic carbocycles. The number of ether oxygens (including phenoxy) is 2. The Labute approximate surface area is 93.6 Å². The maximum absolute atomic E-state index is 11.0. The van der Waals surface area contributed by atoms with Gasteiger partial charge in [-0.15, -0.1) is 0 Å². The van der Waals surface area contributed by atoms with Gasteiger partial charge in [0, 0.05) is 25.7 Å². The lowest BCUT2D eigenvalue weighted by atomic mass is 9.85. The average molecular weight is 222 g/mol. The molecule has 86 valence electrons. The third-order valence-electron chi connectivity index (χ3n) is 4.19. The van der Waals surface area contributed by atoms with Crippen LogP contribution in [0, 0.1) is 23.2 Å². The molecule has 0 aromatic rings. The molecule has 4 aliphatic rings. The zero-order valence-corrected chi connectivity index (χ0v) is 9.52. The van der Waals surface area contributed by atoms with Crippen LogP contribution >= 0.6 is 0 Å². The van der Waals surface area contributed by atoms with Crippen molar-refractivity contribution in [3.63, 3.8) is 0 Å². The molecule has 3 unspecified atom stereocenters. The number of carbonyl (C=O) groups excluding carboxylic acids is 2. The zero-order valence-electron chi connectivity index (χ0n) is 9.52. The molecule has 0 aromatic carbocycles. The van der Waals surface area contributed by atoms with Gasteiger partial charge in [0.15, 0.2) is 0 Å². The Hall–Kier alpha value is -1.32. The van der Waals surface area contributed by atoms with Crippen LogP contribution in [0.5, 0.6) is 0 Å². The molecule has 0 saturated heterocycles. The minimum Gasteiger partial charge on any atom is -0.458 e. The monoisotopic (exact) mass is 222 g/mol. The van der Waals surface area contributed by atoms with Crippen molar-refractivity contribution >= 4 is 11.9 Å². The van der Waals surface area contributed by atoms with Crippen LogP contribution in [0.1, 0.15) is 20.8 Å². The van der Waals surface area contributed by atoms with Crippen LogP contribution in [-0.2, 0) is 19.1 Å². The molecule has 4 rings (SSSR count). The second-order valence-corrected chi connectivity index (χ2v) is 5.13. The van der Waals surface area contributed by atoms with Crippen molar-refractivity contribution in [3.8, 4) is 0 Å². The Bertz CT molecular complexity index is 425. The Morgan fingerprint density at radius 3 is 2.38 bits per heavy atom. The van der Waals surface area contributed by atoms with Gasteiger partial charge in [-0.05, 0) is 17.4 Å². The number of hydrogen-bond acceptors (Lipinski definition) is 4. The highest BCUT2D eigenvalue weighted by atomic mass is 16.6. The first-order chi connectivity index (χ1) is 7.46. The second-order valence-electron chi connectivity index (χ2n) is 5.13. The van der Waals surface area contributed by atoms with Crippen LogP contribution in [0.4, 0.5) is 0 Å². The van der Waals surface area contributed by atoms with Gasteiger partial charge in [0.1, 0.15) is 11.9 Å². The number of rotatable bonds is 2. The maximum atomic E-state index is 11.0. The molecule has 5 atom stereocenters. The quantitative estimate of drug-likeness (QED) is 0.660. The summed E-state index contributed by atoms with van der Waals surface area (Å²) >= 11 is 0. The number of carbonyl (C=O) groups is 2. The number of hydrogen-bond donors (Lipinski definition) is 0. The normalized spacial score (nSPS) is 46.3. The van der Waals surface area contributed by atoms with E-state index in [0.29, 0.717) is 23.5 Å². The van der Waals surface area contributed by atoms with Crippen molar-refractivity contribution in [2.45, 2.75) is 26.9 Å². The van der Waals surface area contributed by atoms with Gasteiger partial charge in [0.25, 0.3) is 0 Å². The van der Waals surface area contributed by atoms with Crippen molar-refractivity contribution in [2.24, 2.45) is 23.2 Å². The molecule has 0 spiro atoms. The largest absolute Gasteiger partial charge is 0.458 e. The number of fused-ring (bicyclic) bond motifs is 1. The van der Waals surface area contributed by atoms with Crippen molar-refractivity contribution < 1.29 is 19.1 Å².